The van der Waals surface area contributed by atoms with Crippen LogP contribution in [0.25, 0.3) is 10.2 Å². The van der Waals surface area contributed by atoms with Crippen molar-refractivity contribution in [2.75, 3.05) is 5.75 Å². The summed E-state index contributed by atoms with van der Waals surface area (Å²) in [6.45, 7) is 4.96. The van der Waals surface area contributed by atoms with Crippen molar-refractivity contribution in [2.45, 2.75) is 32.1 Å². The van der Waals surface area contributed by atoms with Gasteiger partial charge < -0.3 is 5.32 Å². The number of nitrogens with zero attached hydrogens (tertiary/aromatic N) is 2. The Morgan fingerprint density at radius 3 is 2.74 bits per heavy atom. The molecule has 0 aliphatic carbocycles. The zero-order valence-corrected chi connectivity index (χ0v) is 16.7. The van der Waals surface area contributed by atoms with Crippen LogP contribution in [0.4, 0.5) is 4.39 Å². The molecule has 27 heavy (non-hydrogen) atoms. The van der Waals surface area contributed by atoms with E-state index in [0.29, 0.717) is 28.5 Å². The molecule has 0 saturated heterocycles. The van der Waals surface area contributed by atoms with Crippen LogP contribution < -0.4 is 10.9 Å². The Morgan fingerprint density at radius 1 is 1.30 bits per heavy atom. The maximum Gasteiger partial charge on any atom is 0.272 e. The molecule has 5 nitrogen and oxygen atoms in total. The number of thioether (sulfide) groups is 1. The highest BCUT2D eigenvalue weighted by molar-refractivity contribution is 7.99. The van der Waals surface area contributed by atoms with Crippen LogP contribution in [0, 0.1) is 11.7 Å². The van der Waals surface area contributed by atoms with Crippen molar-refractivity contribution in [3.63, 3.8) is 0 Å². The number of hydrogen-bond acceptors (Lipinski definition) is 5. The summed E-state index contributed by atoms with van der Waals surface area (Å²) in [6.07, 6.45) is 0. The van der Waals surface area contributed by atoms with Crippen molar-refractivity contribution in [3.8, 4) is 0 Å². The lowest BCUT2D eigenvalue weighted by Gasteiger charge is -2.13. The Bertz CT molecular complexity index is 996. The average molecular weight is 406 g/mol. The second-order valence-electron chi connectivity index (χ2n) is 6.53. The predicted octanol–water partition coefficient (Wildman–Crippen LogP) is 3.66. The fraction of sp³-hybridized carbons (Fsp3) is 0.316. The Kier molecular flexibility index (Phi) is 6.28. The zero-order chi connectivity index (χ0) is 19.4. The summed E-state index contributed by atoms with van der Waals surface area (Å²) in [5.41, 5.74) is 1.43. The van der Waals surface area contributed by atoms with Gasteiger partial charge in [-0.05, 0) is 35.1 Å². The fourth-order valence-corrected chi connectivity index (χ4v) is 4.16. The first kappa shape index (κ1) is 19.6. The highest BCUT2D eigenvalue weighted by Crippen LogP contribution is 2.21. The molecule has 142 valence electrons. The van der Waals surface area contributed by atoms with Crippen LogP contribution >= 0.6 is 23.1 Å². The first-order valence-electron chi connectivity index (χ1n) is 8.56. The number of thiophene rings is 1. The lowest BCUT2D eigenvalue weighted by atomic mass is 10.2. The number of nitrogens with one attached hydrogen (secondary N) is 1. The van der Waals surface area contributed by atoms with E-state index < -0.39 is 0 Å². The van der Waals surface area contributed by atoms with Crippen molar-refractivity contribution in [1.29, 1.82) is 0 Å². The molecule has 3 rings (SSSR count). The number of amides is 1. The van der Waals surface area contributed by atoms with E-state index in [1.807, 2.05) is 25.3 Å². The van der Waals surface area contributed by atoms with Gasteiger partial charge in [-0.25, -0.2) is 9.37 Å². The van der Waals surface area contributed by atoms with Crippen molar-refractivity contribution in [3.05, 3.63) is 57.4 Å². The molecule has 0 atom stereocenters. The van der Waals surface area contributed by atoms with Gasteiger partial charge in [-0.2, -0.15) is 0 Å². The Morgan fingerprint density at radius 2 is 2.04 bits per heavy atom. The van der Waals surface area contributed by atoms with Crippen molar-refractivity contribution in [2.24, 2.45) is 5.92 Å². The van der Waals surface area contributed by atoms with Crippen LogP contribution in [0.1, 0.15) is 19.4 Å². The topological polar surface area (TPSA) is 64.0 Å². The third-order valence-electron chi connectivity index (χ3n) is 3.81. The summed E-state index contributed by atoms with van der Waals surface area (Å²) in [6, 6.07) is 7.81. The van der Waals surface area contributed by atoms with E-state index in [1.54, 1.807) is 16.7 Å². The Balaban J connectivity index is 1.69. The number of fused-ring (bicyclic) bond motifs is 1. The summed E-state index contributed by atoms with van der Waals surface area (Å²) < 4.78 is 15.2. The fourth-order valence-electron chi connectivity index (χ4n) is 2.54. The third kappa shape index (κ3) is 4.95. The minimum Gasteiger partial charge on any atom is -0.351 e. The molecule has 1 aromatic carbocycles. The summed E-state index contributed by atoms with van der Waals surface area (Å²) in [5, 5.41) is 5.20. The van der Waals surface area contributed by atoms with Gasteiger partial charge in [0.05, 0.1) is 11.3 Å². The molecule has 8 heteroatoms. The molecule has 2 heterocycles. The molecule has 0 aliphatic heterocycles. The van der Waals surface area contributed by atoms with Gasteiger partial charge in [-0.1, -0.05) is 37.7 Å². The number of benzene rings is 1. The monoisotopic (exact) mass is 405 g/mol. The van der Waals surface area contributed by atoms with Gasteiger partial charge >= 0.3 is 0 Å². The number of halogens is 1. The molecule has 0 fully saturated rings. The number of carbonyl (C=O) groups is 1. The molecule has 0 unspecified atom stereocenters. The van der Waals surface area contributed by atoms with Crippen LogP contribution in [0.15, 0.2) is 45.7 Å². The number of aromatic nitrogens is 2. The Labute approximate surface area is 164 Å². The molecule has 1 N–H and O–H groups in total. The van der Waals surface area contributed by atoms with Crippen LogP contribution in [0.3, 0.4) is 0 Å². The van der Waals surface area contributed by atoms with Gasteiger partial charge in [0.15, 0.2) is 5.16 Å². The number of rotatable bonds is 7. The molecule has 0 saturated carbocycles. The molecule has 2 aromatic heterocycles. The minimum absolute atomic E-state index is 0.0575. The maximum atomic E-state index is 12.9. The van der Waals surface area contributed by atoms with Crippen LogP contribution in [-0.2, 0) is 17.9 Å². The smallest absolute Gasteiger partial charge is 0.272 e. The van der Waals surface area contributed by atoms with Gasteiger partial charge in [-0.3, -0.25) is 14.2 Å². The minimum atomic E-state index is -0.307. The standard InChI is InChI=1S/C19H20FN3O2S2/c1-12(2)10-23-18(25)17-15(7-8-26-17)22-19(23)27-11-16(24)21-9-13-3-5-14(20)6-4-13/h3-8,12H,9-11H2,1-2H3,(H,21,24). The van der Waals surface area contributed by atoms with E-state index >= 15 is 0 Å². The summed E-state index contributed by atoms with van der Waals surface area (Å²) >= 11 is 2.64. The van der Waals surface area contributed by atoms with Crippen molar-refractivity contribution in [1.82, 2.24) is 14.9 Å². The summed E-state index contributed by atoms with van der Waals surface area (Å²) in [7, 11) is 0. The molecular formula is C19H20FN3O2S2. The molecule has 1 amide bonds. The van der Waals surface area contributed by atoms with Gasteiger partial charge in [0.25, 0.3) is 5.56 Å². The van der Waals surface area contributed by atoms with Gasteiger partial charge in [-0.15, -0.1) is 11.3 Å². The lowest BCUT2D eigenvalue weighted by Crippen LogP contribution is -2.27. The van der Waals surface area contributed by atoms with E-state index in [0.717, 1.165) is 5.56 Å². The highest BCUT2D eigenvalue weighted by Gasteiger charge is 2.15. The third-order valence-corrected chi connectivity index (χ3v) is 5.68. The zero-order valence-electron chi connectivity index (χ0n) is 15.1. The maximum absolute atomic E-state index is 12.9. The van der Waals surface area contributed by atoms with Crippen molar-refractivity contribution < 1.29 is 9.18 Å². The average Bonchev–Trinajstić information content (AvgIpc) is 3.10. The normalized spacial score (nSPS) is 11.3. The van der Waals surface area contributed by atoms with Crippen LogP contribution in [0.5, 0.6) is 0 Å². The SMILES string of the molecule is CC(C)Cn1c(SCC(=O)NCc2ccc(F)cc2)nc2ccsc2c1=O. The van der Waals surface area contributed by atoms with Gasteiger partial charge in [0.1, 0.15) is 10.5 Å². The second-order valence-corrected chi connectivity index (χ2v) is 8.39. The van der Waals surface area contributed by atoms with E-state index in [9.17, 15) is 14.0 Å². The predicted molar refractivity (Wildman–Crippen MR) is 108 cm³/mol. The molecule has 0 aliphatic rings. The Hall–Kier alpha value is -2.19. The highest BCUT2D eigenvalue weighted by atomic mass is 32.2. The lowest BCUT2D eigenvalue weighted by molar-refractivity contribution is -0.118. The molecular weight excluding hydrogens is 385 g/mol. The second kappa shape index (κ2) is 8.67. The first-order chi connectivity index (χ1) is 12.9. The van der Waals surface area contributed by atoms with E-state index in [1.165, 1.54) is 35.2 Å². The molecule has 0 radical (unpaired) electrons. The number of carbonyl (C=O) groups excluding carboxylic acids is 1. The molecule has 0 bridgehead atoms. The number of hydrogen-bond donors (Lipinski definition) is 1. The molecule has 0 spiro atoms. The first-order valence-corrected chi connectivity index (χ1v) is 10.4. The summed E-state index contributed by atoms with van der Waals surface area (Å²) in [4.78, 5) is 29.5. The van der Waals surface area contributed by atoms with Crippen LogP contribution in [-0.4, -0.2) is 21.2 Å². The van der Waals surface area contributed by atoms with E-state index in [-0.39, 0.29) is 29.0 Å². The largest absolute Gasteiger partial charge is 0.351 e. The van der Waals surface area contributed by atoms with Crippen LogP contribution in [0.2, 0.25) is 0 Å². The van der Waals surface area contributed by atoms with E-state index in [2.05, 4.69) is 10.3 Å². The van der Waals surface area contributed by atoms with Crippen molar-refractivity contribution >= 4 is 39.2 Å². The quantitative estimate of drug-likeness (QED) is 0.481. The summed E-state index contributed by atoms with van der Waals surface area (Å²) in [5.74, 6) is -0.0335. The van der Waals surface area contributed by atoms with Gasteiger partial charge in [0.2, 0.25) is 5.91 Å². The molecule has 3 aromatic rings. The van der Waals surface area contributed by atoms with E-state index in [4.69, 9.17) is 0 Å². The van der Waals surface area contributed by atoms with Gasteiger partial charge in [0, 0.05) is 13.1 Å².